The summed E-state index contributed by atoms with van der Waals surface area (Å²) in [6.45, 7) is 9.21. The number of hydrogen-bond acceptors (Lipinski definition) is 8. The highest BCUT2D eigenvalue weighted by Gasteiger charge is 2.67. The van der Waals surface area contributed by atoms with Gasteiger partial charge < -0.3 is 25.0 Å². The lowest BCUT2D eigenvalue weighted by molar-refractivity contribution is -0.143. The molecule has 2 aromatic rings. The van der Waals surface area contributed by atoms with E-state index in [2.05, 4.69) is 22.8 Å². The third kappa shape index (κ3) is 8.58. The molecular weight excluding hydrogens is 747 g/mol. The van der Waals surface area contributed by atoms with Crippen LogP contribution in [-0.2, 0) is 45.9 Å². The normalized spacial score (nSPS) is 28.5. The second-order valence-corrected chi connectivity index (χ2v) is 19.8. The molecule has 7 rings (SSSR count). The molecule has 4 bridgehead atoms. The molecule has 5 aliphatic rings. The van der Waals surface area contributed by atoms with Gasteiger partial charge in [0, 0.05) is 13.5 Å². The number of hydrogen-bond donors (Lipinski definition) is 3. The number of nitrogens with one attached hydrogen (secondary N) is 3. The summed E-state index contributed by atoms with van der Waals surface area (Å²) in [7, 11) is -2.68. The summed E-state index contributed by atoms with van der Waals surface area (Å²) in [6, 6.07) is 13.3. The smallest absolute Gasteiger partial charge is 0.407 e. The van der Waals surface area contributed by atoms with Crippen LogP contribution in [0.3, 0.4) is 0 Å². The SMILES string of the molecule is CO[C@@]12C[C@@H](C(=O)N[C@]3(C(=O)NS(=O)(=O)C4CC4)C[C@H]3C(F)F)N(C1)C(=O)C(C(C)(C)C)NC(=O)OCC(C)(C)CCCCc1ccccc1-c1ccc2cc1. The van der Waals surface area contributed by atoms with E-state index in [1.165, 1.54) is 17.6 Å². The van der Waals surface area contributed by atoms with Crippen molar-refractivity contribution in [3.8, 4) is 11.1 Å². The Hall–Kier alpha value is -4.11. The molecule has 3 N–H and O–H groups in total. The second-order valence-electron chi connectivity index (χ2n) is 17.8. The first-order valence-electron chi connectivity index (χ1n) is 19.4. The van der Waals surface area contributed by atoms with Crippen LogP contribution in [-0.4, -0.2) is 86.7 Å². The third-order valence-corrected chi connectivity index (χ3v) is 13.6. The molecule has 3 aliphatic heterocycles. The number of sulfonamides is 1. The predicted molar refractivity (Wildman–Crippen MR) is 205 cm³/mol. The van der Waals surface area contributed by atoms with Crippen LogP contribution in [0.4, 0.5) is 13.6 Å². The molecule has 2 saturated carbocycles. The maximum Gasteiger partial charge on any atom is 0.407 e. The summed E-state index contributed by atoms with van der Waals surface area (Å²) in [4.78, 5) is 57.3. The molecule has 4 amide bonds. The minimum Gasteiger partial charge on any atom is -0.449 e. The molecule has 1 unspecified atom stereocenters. The first kappa shape index (κ1) is 41.5. The predicted octanol–water partition coefficient (Wildman–Crippen LogP) is 5.44. The van der Waals surface area contributed by atoms with Gasteiger partial charge in [0.25, 0.3) is 5.91 Å². The van der Waals surface area contributed by atoms with Gasteiger partial charge in [-0.2, -0.15) is 0 Å². The summed E-state index contributed by atoms with van der Waals surface area (Å²) in [6.07, 6.45) is -0.343. The van der Waals surface area contributed by atoms with Crippen molar-refractivity contribution in [1.29, 1.82) is 0 Å². The molecular formula is C41H54F2N4O8S. The van der Waals surface area contributed by atoms with Gasteiger partial charge in [0.1, 0.15) is 23.2 Å². The molecule has 12 nitrogen and oxygen atoms in total. The van der Waals surface area contributed by atoms with Crippen molar-refractivity contribution in [2.24, 2.45) is 16.7 Å². The Kier molecular flexibility index (Phi) is 11.4. The van der Waals surface area contributed by atoms with Crippen molar-refractivity contribution in [3.63, 3.8) is 0 Å². The van der Waals surface area contributed by atoms with Crippen LogP contribution in [0, 0.1) is 16.7 Å². The average Bonchev–Trinajstić information content (AvgIpc) is 4.07. The number of carbonyl (C=O) groups excluding carboxylic acids is 4. The minimum absolute atomic E-state index is 0.0970. The lowest BCUT2D eigenvalue weighted by atomic mass is 9.85. The van der Waals surface area contributed by atoms with Gasteiger partial charge >= 0.3 is 6.09 Å². The highest BCUT2D eigenvalue weighted by molar-refractivity contribution is 7.91. The van der Waals surface area contributed by atoms with Crippen molar-refractivity contribution in [1.82, 2.24) is 20.3 Å². The zero-order chi connectivity index (χ0) is 40.8. The number of alkyl carbamates (subject to hydrolysis) is 1. The van der Waals surface area contributed by atoms with Crippen LogP contribution in [0.15, 0.2) is 48.5 Å². The highest BCUT2D eigenvalue weighted by atomic mass is 32.2. The Balaban J connectivity index is 1.39. The van der Waals surface area contributed by atoms with Gasteiger partial charge in [-0.3, -0.25) is 19.1 Å². The Labute approximate surface area is 327 Å². The van der Waals surface area contributed by atoms with E-state index in [-0.39, 0.29) is 25.0 Å². The third-order valence-electron chi connectivity index (χ3n) is 11.8. The fourth-order valence-corrected chi connectivity index (χ4v) is 9.42. The number of nitrogens with zero attached hydrogens (tertiary/aromatic N) is 1. The van der Waals surface area contributed by atoms with E-state index in [1.807, 2.05) is 55.0 Å². The lowest BCUT2D eigenvalue weighted by Gasteiger charge is -2.36. The molecule has 306 valence electrons. The second kappa shape index (κ2) is 15.3. The highest BCUT2D eigenvalue weighted by Crippen LogP contribution is 2.49. The van der Waals surface area contributed by atoms with E-state index in [9.17, 15) is 36.4 Å². The lowest BCUT2D eigenvalue weighted by Crippen LogP contribution is -2.60. The van der Waals surface area contributed by atoms with E-state index >= 15 is 0 Å². The van der Waals surface area contributed by atoms with Crippen LogP contribution in [0.1, 0.15) is 90.7 Å². The fourth-order valence-electron chi connectivity index (χ4n) is 8.05. The summed E-state index contributed by atoms with van der Waals surface area (Å²) < 4.78 is 67.6. The Morgan fingerprint density at radius 3 is 2.30 bits per heavy atom. The maximum atomic E-state index is 14.8. The monoisotopic (exact) mass is 800 g/mol. The number of benzene rings is 2. The van der Waals surface area contributed by atoms with Gasteiger partial charge in [-0.1, -0.05) is 89.6 Å². The molecule has 2 aliphatic carbocycles. The van der Waals surface area contributed by atoms with Crippen LogP contribution in [0.2, 0.25) is 0 Å². The Bertz CT molecular complexity index is 1950. The minimum atomic E-state index is -4.13. The first-order valence-corrected chi connectivity index (χ1v) is 20.9. The van der Waals surface area contributed by atoms with Gasteiger partial charge in [0.15, 0.2) is 0 Å². The number of aryl methyl sites for hydroxylation is 1. The van der Waals surface area contributed by atoms with Gasteiger partial charge in [-0.05, 0) is 71.6 Å². The number of ether oxygens (including phenoxy) is 2. The van der Waals surface area contributed by atoms with Gasteiger partial charge in [0.2, 0.25) is 28.3 Å². The zero-order valence-corrected chi connectivity index (χ0v) is 33.8. The number of alkyl halides is 2. The standard InChI is InChI=1S/C41H54F2N4O8S/c1-38(2,3)32-35(49)47-23-40(54-6,22-31(47)34(48)45-41(21-30(41)33(42)43)36(50)46-56(52,53)28-18-19-28)27-16-14-26(15-17-27)29-13-8-7-11-25(29)12-9-10-20-39(4,5)24-55-37(51)44-32/h7-8,11,13-17,28,30-33H,9-10,12,18-24H2,1-6H3,(H,44,51)(H,45,48)(H,46,50)/t30-,31-,32?,40-,41+/m0/s1. The zero-order valence-electron chi connectivity index (χ0n) is 33.0. The van der Waals surface area contributed by atoms with E-state index in [1.54, 1.807) is 20.8 Å². The van der Waals surface area contributed by atoms with Crippen LogP contribution in [0.5, 0.6) is 0 Å². The van der Waals surface area contributed by atoms with Gasteiger partial charge in [0.05, 0.1) is 24.3 Å². The van der Waals surface area contributed by atoms with Crippen LogP contribution >= 0.6 is 0 Å². The van der Waals surface area contributed by atoms with E-state index in [0.29, 0.717) is 18.4 Å². The summed E-state index contributed by atoms with van der Waals surface area (Å²) >= 11 is 0. The van der Waals surface area contributed by atoms with Crippen molar-refractivity contribution in [3.05, 3.63) is 59.7 Å². The van der Waals surface area contributed by atoms with Gasteiger partial charge in [-0.15, -0.1) is 0 Å². The number of fused-ring (bicyclic) bond motifs is 12. The summed E-state index contributed by atoms with van der Waals surface area (Å²) in [5.74, 6) is -4.46. The van der Waals surface area contributed by atoms with E-state index < -0.39 is 86.5 Å². The summed E-state index contributed by atoms with van der Waals surface area (Å²) in [5, 5.41) is 4.40. The Morgan fingerprint density at radius 2 is 1.70 bits per heavy atom. The fraction of sp³-hybridized carbons (Fsp3) is 0.610. The maximum absolute atomic E-state index is 14.8. The molecule has 5 atom stereocenters. The number of carbonyl (C=O) groups is 4. The number of rotatable bonds is 7. The molecule has 3 fully saturated rings. The summed E-state index contributed by atoms with van der Waals surface area (Å²) in [5.41, 5.74) is -0.885. The van der Waals surface area contributed by atoms with Crippen molar-refractivity contribution in [2.45, 2.75) is 121 Å². The number of amides is 4. The van der Waals surface area contributed by atoms with E-state index in [4.69, 9.17) is 9.47 Å². The molecule has 2 aromatic carbocycles. The molecule has 0 aromatic heterocycles. The number of halogens is 2. The van der Waals surface area contributed by atoms with Crippen LogP contribution in [0.25, 0.3) is 11.1 Å². The van der Waals surface area contributed by atoms with Gasteiger partial charge in [-0.25, -0.2) is 22.0 Å². The average molecular weight is 801 g/mol. The number of methoxy groups -OCH3 is 1. The van der Waals surface area contributed by atoms with E-state index in [0.717, 1.165) is 36.8 Å². The molecule has 15 heteroatoms. The van der Waals surface area contributed by atoms with Crippen LogP contribution < -0.4 is 15.4 Å². The Morgan fingerprint density at radius 1 is 1.02 bits per heavy atom. The molecule has 3 heterocycles. The molecule has 1 saturated heterocycles. The molecule has 0 radical (unpaired) electrons. The van der Waals surface area contributed by atoms with Crippen molar-refractivity contribution in [2.75, 3.05) is 20.3 Å². The largest absolute Gasteiger partial charge is 0.449 e. The first-order chi connectivity index (χ1) is 26.2. The molecule has 56 heavy (non-hydrogen) atoms. The topological polar surface area (TPSA) is 160 Å². The molecule has 0 spiro atoms. The quantitative estimate of drug-likeness (QED) is 0.334. The van der Waals surface area contributed by atoms with Crippen molar-refractivity contribution >= 4 is 33.8 Å². The van der Waals surface area contributed by atoms with Crippen molar-refractivity contribution < 1.29 is 45.9 Å².